The number of amides is 2. The van der Waals surface area contributed by atoms with Gasteiger partial charge >= 0.3 is 0 Å². The molecule has 0 aromatic heterocycles. The summed E-state index contributed by atoms with van der Waals surface area (Å²) in [5.74, 6) is -0.168. The molecule has 1 aliphatic rings. The van der Waals surface area contributed by atoms with Gasteiger partial charge in [0, 0.05) is 56.9 Å². The van der Waals surface area contributed by atoms with E-state index >= 15 is 0 Å². The molecule has 1 aliphatic heterocycles. The van der Waals surface area contributed by atoms with E-state index in [9.17, 15) is 9.59 Å². The zero-order valence-corrected chi connectivity index (χ0v) is 13.0. The first kappa shape index (κ1) is 16.5. The van der Waals surface area contributed by atoms with Crippen LogP contribution in [0, 0.1) is 0 Å². The monoisotopic (exact) mass is 304 g/mol. The third-order valence-electron chi connectivity index (χ3n) is 3.65. The van der Waals surface area contributed by atoms with Gasteiger partial charge in [-0.3, -0.25) is 14.5 Å². The van der Waals surface area contributed by atoms with E-state index in [1.165, 1.54) is 0 Å². The maximum Gasteiger partial charge on any atom is 0.251 e. The fourth-order valence-electron chi connectivity index (χ4n) is 2.35. The van der Waals surface area contributed by atoms with E-state index in [0.717, 1.165) is 32.7 Å². The molecule has 3 N–H and O–H groups in total. The average molecular weight is 304 g/mol. The van der Waals surface area contributed by atoms with E-state index < -0.39 is 0 Å². The van der Waals surface area contributed by atoms with Crippen LogP contribution in [0.5, 0.6) is 0 Å². The first-order valence-corrected chi connectivity index (χ1v) is 7.80. The highest BCUT2D eigenvalue weighted by atomic mass is 16.2. The molecular weight excluding hydrogens is 280 g/mol. The minimum Gasteiger partial charge on any atom is -0.351 e. The smallest absolute Gasteiger partial charge is 0.251 e. The zero-order valence-electron chi connectivity index (χ0n) is 13.0. The van der Waals surface area contributed by atoms with Crippen molar-refractivity contribution in [1.82, 2.24) is 15.5 Å². The summed E-state index contributed by atoms with van der Waals surface area (Å²) in [5.41, 5.74) is 1.22. The second kappa shape index (κ2) is 8.51. The first-order chi connectivity index (χ1) is 10.7. The molecule has 1 heterocycles. The van der Waals surface area contributed by atoms with Crippen LogP contribution in [0.4, 0.5) is 5.69 Å². The Morgan fingerprint density at radius 2 is 2.05 bits per heavy atom. The van der Waals surface area contributed by atoms with Crippen LogP contribution in [0.1, 0.15) is 23.7 Å². The van der Waals surface area contributed by atoms with Gasteiger partial charge in [-0.2, -0.15) is 0 Å². The molecule has 0 radical (unpaired) electrons. The second-order valence-corrected chi connectivity index (χ2v) is 5.33. The number of nitrogens with one attached hydrogen (secondary N) is 3. The molecule has 0 saturated carbocycles. The van der Waals surface area contributed by atoms with Gasteiger partial charge in [0.25, 0.3) is 5.91 Å². The lowest BCUT2D eigenvalue weighted by Crippen LogP contribution is -2.46. The Bertz CT molecular complexity index is 513. The van der Waals surface area contributed by atoms with Crippen molar-refractivity contribution in [3.8, 4) is 0 Å². The number of benzene rings is 1. The Morgan fingerprint density at radius 1 is 1.27 bits per heavy atom. The van der Waals surface area contributed by atoms with Gasteiger partial charge in [0.2, 0.25) is 5.91 Å². The molecule has 6 heteroatoms. The summed E-state index contributed by atoms with van der Waals surface area (Å²) >= 11 is 0. The van der Waals surface area contributed by atoms with Gasteiger partial charge in [-0.15, -0.1) is 0 Å². The molecule has 1 aromatic rings. The predicted octanol–water partition coefficient (Wildman–Crippen LogP) is 0.670. The van der Waals surface area contributed by atoms with Crippen molar-refractivity contribution in [3.05, 3.63) is 29.8 Å². The number of piperazine rings is 1. The molecule has 2 rings (SSSR count). The normalized spacial score (nSPS) is 15.3. The van der Waals surface area contributed by atoms with Crippen molar-refractivity contribution in [3.63, 3.8) is 0 Å². The fourth-order valence-corrected chi connectivity index (χ4v) is 2.35. The molecule has 0 bridgehead atoms. The first-order valence-electron chi connectivity index (χ1n) is 7.80. The van der Waals surface area contributed by atoms with Crippen molar-refractivity contribution in [1.29, 1.82) is 0 Å². The SMILES string of the molecule is CCC(=O)Nc1cccc(C(=O)NCCN2CCNCC2)c1. The number of rotatable bonds is 6. The van der Waals surface area contributed by atoms with Gasteiger partial charge < -0.3 is 16.0 Å². The van der Waals surface area contributed by atoms with Crippen molar-refractivity contribution < 1.29 is 9.59 Å². The Morgan fingerprint density at radius 3 is 2.77 bits per heavy atom. The van der Waals surface area contributed by atoms with Gasteiger partial charge in [0.15, 0.2) is 0 Å². The van der Waals surface area contributed by atoms with Crippen molar-refractivity contribution in [2.75, 3.05) is 44.6 Å². The van der Waals surface area contributed by atoms with Crippen LogP contribution in [-0.2, 0) is 4.79 Å². The third kappa shape index (κ3) is 5.13. The van der Waals surface area contributed by atoms with Crippen LogP contribution in [0.15, 0.2) is 24.3 Å². The summed E-state index contributed by atoms with van der Waals surface area (Å²) in [6.07, 6.45) is 0.418. The maximum atomic E-state index is 12.1. The number of carbonyl (C=O) groups excluding carboxylic acids is 2. The van der Waals surface area contributed by atoms with Crippen LogP contribution in [-0.4, -0.2) is 56.0 Å². The molecule has 1 fully saturated rings. The summed E-state index contributed by atoms with van der Waals surface area (Å²) < 4.78 is 0. The highest BCUT2D eigenvalue weighted by Gasteiger charge is 2.10. The number of nitrogens with zero attached hydrogens (tertiary/aromatic N) is 1. The number of hydrogen-bond acceptors (Lipinski definition) is 4. The lowest BCUT2D eigenvalue weighted by Gasteiger charge is -2.27. The van der Waals surface area contributed by atoms with Crippen molar-refractivity contribution in [2.45, 2.75) is 13.3 Å². The molecule has 0 unspecified atom stereocenters. The zero-order chi connectivity index (χ0) is 15.8. The summed E-state index contributed by atoms with van der Waals surface area (Å²) in [6, 6.07) is 7.01. The van der Waals surface area contributed by atoms with Crippen molar-refractivity contribution in [2.24, 2.45) is 0 Å². The van der Waals surface area contributed by atoms with Crippen LogP contribution < -0.4 is 16.0 Å². The van der Waals surface area contributed by atoms with Crippen LogP contribution in [0.25, 0.3) is 0 Å². The highest BCUT2D eigenvalue weighted by Crippen LogP contribution is 2.11. The number of carbonyl (C=O) groups is 2. The van der Waals surface area contributed by atoms with E-state index in [2.05, 4.69) is 20.9 Å². The number of hydrogen-bond donors (Lipinski definition) is 3. The Balaban J connectivity index is 1.81. The fraction of sp³-hybridized carbons (Fsp3) is 0.500. The van der Waals surface area contributed by atoms with Crippen LogP contribution >= 0.6 is 0 Å². The minimum atomic E-state index is -0.109. The standard InChI is InChI=1S/C16H24N4O2/c1-2-15(21)19-14-5-3-4-13(12-14)16(22)18-8-11-20-9-6-17-7-10-20/h3-5,12,17H,2,6-11H2,1H3,(H,18,22)(H,19,21). The molecule has 6 nitrogen and oxygen atoms in total. The molecular formula is C16H24N4O2. The van der Waals surface area contributed by atoms with Gasteiger partial charge in [-0.1, -0.05) is 13.0 Å². The molecule has 2 amide bonds. The molecule has 0 spiro atoms. The largest absolute Gasteiger partial charge is 0.351 e. The lowest BCUT2D eigenvalue weighted by atomic mass is 10.2. The van der Waals surface area contributed by atoms with Crippen LogP contribution in [0.2, 0.25) is 0 Å². The molecule has 1 aromatic carbocycles. The second-order valence-electron chi connectivity index (χ2n) is 5.33. The van der Waals surface area contributed by atoms with Gasteiger partial charge in [-0.05, 0) is 18.2 Å². The minimum absolute atomic E-state index is 0.0590. The average Bonchev–Trinajstić information content (AvgIpc) is 2.56. The van der Waals surface area contributed by atoms with E-state index in [0.29, 0.717) is 24.2 Å². The molecule has 22 heavy (non-hydrogen) atoms. The maximum absolute atomic E-state index is 12.1. The van der Waals surface area contributed by atoms with E-state index in [4.69, 9.17) is 0 Å². The topological polar surface area (TPSA) is 73.5 Å². The predicted molar refractivity (Wildman–Crippen MR) is 87.0 cm³/mol. The third-order valence-corrected chi connectivity index (χ3v) is 3.65. The molecule has 0 atom stereocenters. The Kier molecular flexibility index (Phi) is 6.36. The van der Waals surface area contributed by atoms with E-state index in [1.54, 1.807) is 31.2 Å². The molecule has 1 saturated heterocycles. The molecule has 120 valence electrons. The van der Waals surface area contributed by atoms with Crippen molar-refractivity contribution >= 4 is 17.5 Å². The van der Waals surface area contributed by atoms with Crippen LogP contribution in [0.3, 0.4) is 0 Å². The highest BCUT2D eigenvalue weighted by molar-refractivity contribution is 5.97. The van der Waals surface area contributed by atoms with Gasteiger partial charge in [0.1, 0.15) is 0 Å². The van der Waals surface area contributed by atoms with E-state index in [-0.39, 0.29) is 11.8 Å². The van der Waals surface area contributed by atoms with E-state index in [1.807, 2.05) is 0 Å². The Hall–Kier alpha value is -1.92. The Labute approximate surface area is 131 Å². The quantitative estimate of drug-likeness (QED) is 0.722. The van der Waals surface area contributed by atoms with Gasteiger partial charge in [-0.25, -0.2) is 0 Å². The summed E-state index contributed by atoms with van der Waals surface area (Å²) in [5, 5.41) is 8.99. The summed E-state index contributed by atoms with van der Waals surface area (Å²) in [4.78, 5) is 25.9. The number of anilines is 1. The summed E-state index contributed by atoms with van der Waals surface area (Å²) in [7, 11) is 0. The molecule has 0 aliphatic carbocycles. The van der Waals surface area contributed by atoms with Gasteiger partial charge in [0.05, 0.1) is 0 Å². The lowest BCUT2D eigenvalue weighted by molar-refractivity contribution is -0.115. The summed E-state index contributed by atoms with van der Waals surface area (Å²) in [6.45, 7) is 7.34.